The summed E-state index contributed by atoms with van der Waals surface area (Å²) in [6, 6.07) is 11.8. The third kappa shape index (κ3) is 4.95. The number of esters is 2. The van der Waals surface area contributed by atoms with Crippen molar-refractivity contribution in [2.45, 2.75) is 19.6 Å². The van der Waals surface area contributed by atoms with Crippen molar-refractivity contribution in [2.24, 2.45) is 0 Å². The zero-order valence-corrected chi connectivity index (χ0v) is 17.5. The van der Waals surface area contributed by atoms with Gasteiger partial charge in [0.25, 0.3) is 11.7 Å². The van der Waals surface area contributed by atoms with E-state index in [1.54, 1.807) is 36.4 Å². The number of benzene rings is 2. The number of amides is 1. The van der Waals surface area contributed by atoms with Crippen LogP contribution in [0.5, 0.6) is 11.5 Å². The van der Waals surface area contributed by atoms with Crippen LogP contribution in [0.2, 0.25) is 0 Å². The molecule has 0 bridgehead atoms. The predicted molar refractivity (Wildman–Crippen MR) is 112 cm³/mol. The van der Waals surface area contributed by atoms with Gasteiger partial charge in [0, 0.05) is 37.7 Å². The molecule has 0 radical (unpaired) electrons. The number of carbonyl (C=O) groups excluding carboxylic acids is 3. The molecule has 9 nitrogen and oxygen atoms in total. The molecule has 2 aromatic carbocycles. The molecular weight excluding hydrogens is 404 g/mol. The molecule has 1 saturated heterocycles. The van der Waals surface area contributed by atoms with Crippen molar-refractivity contribution in [3.63, 3.8) is 0 Å². The van der Waals surface area contributed by atoms with Crippen LogP contribution in [0.15, 0.2) is 54.2 Å². The lowest BCUT2D eigenvalue weighted by Gasteiger charge is -2.29. The van der Waals surface area contributed by atoms with E-state index in [4.69, 9.17) is 18.9 Å². The van der Waals surface area contributed by atoms with E-state index in [1.165, 1.54) is 34.3 Å². The van der Waals surface area contributed by atoms with Gasteiger partial charge in [-0.2, -0.15) is 0 Å². The average molecular weight is 426 g/mol. The first-order chi connectivity index (χ1) is 14.7. The fraction of sp³-hybridized carbons (Fsp3) is 0.227. The Balaban J connectivity index is 1.86. The Labute approximate surface area is 178 Å². The van der Waals surface area contributed by atoms with E-state index in [2.05, 4.69) is 10.6 Å². The van der Waals surface area contributed by atoms with Crippen LogP contribution in [0, 0.1) is 0 Å². The molecule has 31 heavy (non-hydrogen) atoms. The molecule has 0 atom stereocenters. The maximum Gasteiger partial charge on any atom is 0.350 e. The lowest BCUT2D eigenvalue weighted by atomic mass is 10.2. The molecule has 0 saturated carbocycles. The van der Waals surface area contributed by atoms with Gasteiger partial charge < -0.3 is 29.6 Å². The Hall–Kier alpha value is -4.01. The third-order valence-electron chi connectivity index (χ3n) is 4.29. The van der Waals surface area contributed by atoms with Gasteiger partial charge >= 0.3 is 11.9 Å². The van der Waals surface area contributed by atoms with E-state index in [0.717, 1.165) is 0 Å². The topological polar surface area (TPSA) is 112 Å². The minimum atomic E-state index is -1.33. The number of anilines is 2. The van der Waals surface area contributed by atoms with Gasteiger partial charge in [0.05, 0.1) is 25.6 Å². The molecule has 2 aromatic rings. The van der Waals surface area contributed by atoms with Crippen LogP contribution in [-0.2, 0) is 19.1 Å². The number of hydrogen-bond acceptors (Lipinski definition) is 8. The number of cyclic esters (lactones) is 2. The predicted octanol–water partition coefficient (Wildman–Crippen LogP) is 3.09. The summed E-state index contributed by atoms with van der Waals surface area (Å²) >= 11 is 0. The second-order valence-electron chi connectivity index (χ2n) is 6.95. The molecule has 9 heteroatoms. The average Bonchev–Trinajstić information content (AvgIpc) is 2.73. The Morgan fingerprint density at radius 2 is 1.48 bits per heavy atom. The van der Waals surface area contributed by atoms with Crippen LogP contribution in [0.3, 0.4) is 0 Å². The fourth-order valence-corrected chi connectivity index (χ4v) is 2.82. The lowest BCUT2D eigenvalue weighted by Crippen LogP contribution is -2.42. The standard InChI is InChI=1S/C22H22N2O7/c1-22(2)30-20(26)14(21(27)31-22)12-23-15-10-18(29-4)16(11-17(15)28-3)24-19(25)13-8-6-5-7-9-13/h5-12,23H,1-4H3,(H,24,25). The van der Waals surface area contributed by atoms with Crippen LogP contribution in [0.4, 0.5) is 11.4 Å². The summed E-state index contributed by atoms with van der Waals surface area (Å²) in [4.78, 5) is 36.7. The maximum absolute atomic E-state index is 12.5. The zero-order valence-electron chi connectivity index (χ0n) is 17.5. The minimum absolute atomic E-state index is 0.304. The van der Waals surface area contributed by atoms with Crippen molar-refractivity contribution >= 4 is 29.2 Å². The van der Waals surface area contributed by atoms with E-state index < -0.39 is 17.7 Å². The summed E-state index contributed by atoms with van der Waals surface area (Å²) in [5.41, 5.74) is 0.939. The van der Waals surface area contributed by atoms with Crippen LogP contribution >= 0.6 is 0 Å². The van der Waals surface area contributed by atoms with Crippen molar-refractivity contribution < 1.29 is 33.3 Å². The largest absolute Gasteiger partial charge is 0.494 e. The van der Waals surface area contributed by atoms with Gasteiger partial charge in [-0.3, -0.25) is 4.79 Å². The molecule has 3 rings (SSSR count). The van der Waals surface area contributed by atoms with Gasteiger partial charge in [-0.25, -0.2) is 9.59 Å². The van der Waals surface area contributed by atoms with Crippen molar-refractivity contribution in [3.8, 4) is 11.5 Å². The SMILES string of the molecule is COc1cc(NC(=O)c2ccccc2)c(OC)cc1NC=C1C(=O)OC(C)(C)OC1=O. The van der Waals surface area contributed by atoms with Crippen molar-refractivity contribution in [1.29, 1.82) is 0 Å². The lowest BCUT2D eigenvalue weighted by molar-refractivity contribution is -0.222. The number of rotatable bonds is 6. The van der Waals surface area contributed by atoms with E-state index in [0.29, 0.717) is 28.4 Å². The van der Waals surface area contributed by atoms with Crippen molar-refractivity contribution in [2.75, 3.05) is 24.9 Å². The molecule has 1 aliphatic heterocycles. The van der Waals surface area contributed by atoms with Gasteiger partial charge in [0.2, 0.25) is 0 Å². The molecule has 2 N–H and O–H groups in total. The Morgan fingerprint density at radius 3 is 2.06 bits per heavy atom. The minimum Gasteiger partial charge on any atom is -0.494 e. The Morgan fingerprint density at radius 1 is 0.935 bits per heavy atom. The number of carbonyl (C=O) groups is 3. The van der Waals surface area contributed by atoms with E-state index >= 15 is 0 Å². The van der Waals surface area contributed by atoms with Crippen molar-refractivity contribution in [3.05, 3.63) is 59.8 Å². The molecular formula is C22H22N2O7. The molecule has 1 amide bonds. The van der Waals surface area contributed by atoms with E-state index in [9.17, 15) is 14.4 Å². The van der Waals surface area contributed by atoms with Gasteiger partial charge in [-0.1, -0.05) is 18.2 Å². The number of methoxy groups -OCH3 is 2. The van der Waals surface area contributed by atoms with Crippen molar-refractivity contribution in [1.82, 2.24) is 0 Å². The molecule has 1 fully saturated rings. The monoisotopic (exact) mass is 426 g/mol. The highest BCUT2D eigenvalue weighted by Gasteiger charge is 2.39. The van der Waals surface area contributed by atoms with Gasteiger partial charge in [-0.15, -0.1) is 0 Å². The Bertz CT molecular complexity index is 1020. The second kappa shape index (κ2) is 8.78. The summed E-state index contributed by atoms with van der Waals surface area (Å²) in [6.07, 6.45) is 1.17. The Kier molecular flexibility index (Phi) is 6.15. The van der Waals surface area contributed by atoms with E-state index in [-0.39, 0.29) is 11.5 Å². The number of ether oxygens (including phenoxy) is 4. The maximum atomic E-state index is 12.5. The second-order valence-corrected chi connectivity index (χ2v) is 6.95. The quantitative estimate of drug-likeness (QED) is 0.412. The molecule has 0 unspecified atom stereocenters. The summed E-state index contributed by atoms with van der Waals surface area (Å²) in [5.74, 6) is -2.61. The van der Waals surface area contributed by atoms with Gasteiger partial charge in [0.15, 0.2) is 5.57 Å². The fourth-order valence-electron chi connectivity index (χ4n) is 2.82. The first kappa shape index (κ1) is 21.7. The van der Waals surface area contributed by atoms with Crippen LogP contribution in [0.1, 0.15) is 24.2 Å². The normalized spacial score (nSPS) is 14.8. The smallest absolute Gasteiger partial charge is 0.350 e. The van der Waals surface area contributed by atoms with Gasteiger partial charge in [-0.05, 0) is 12.1 Å². The molecule has 1 aliphatic rings. The van der Waals surface area contributed by atoms with Crippen LogP contribution in [-0.4, -0.2) is 37.9 Å². The highest BCUT2D eigenvalue weighted by atomic mass is 16.7. The van der Waals surface area contributed by atoms with E-state index in [1.807, 2.05) is 6.07 Å². The number of hydrogen-bond donors (Lipinski definition) is 2. The first-order valence-electron chi connectivity index (χ1n) is 9.30. The molecule has 0 spiro atoms. The molecule has 0 aliphatic carbocycles. The molecule has 162 valence electrons. The summed E-state index contributed by atoms with van der Waals surface area (Å²) in [5, 5.41) is 5.60. The van der Waals surface area contributed by atoms with Crippen LogP contribution < -0.4 is 20.1 Å². The number of nitrogens with one attached hydrogen (secondary N) is 2. The summed E-state index contributed by atoms with van der Waals surface area (Å²) < 4.78 is 20.9. The molecule has 0 aromatic heterocycles. The summed E-state index contributed by atoms with van der Waals surface area (Å²) in [6.45, 7) is 2.92. The summed E-state index contributed by atoms with van der Waals surface area (Å²) in [7, 11) is 2.88. The third-order valence-corrected chi connectivity index (χ3v) is 4.29. The highest BCUT2D eigenvalue weighted by Crippen LogP contribution is 2.37. The first-order valence-corrected chi connectivity index (χ1v) is 9.30. The highest BCUT2D eigenvalue weighted by molar-refractivity contribution is 6.15. The zero-order chi connectivity index (χ0) is 22.6. The van der Waals surface area contributed by atoms with Gasteiger partial charge in [0.1, 0.15) is 11.5 Å². The molecule has 1 heterocycles. The van der Waals surface area contributed by atoms with Crippen LogP contribution in [0.25, 0.3) is 0 Å².